The highest BCUT2D eigenvalue weighted by Gasteiger charge is 2.31. The van der Waals surface area contributed by atoms with E-state index in [-0.39, 0.29) is 10.8 Å². The van der Waals surface area contributed by atoms with Gasteiger partial charge in [-0.3, -0.25) is 5.43 Å². The Morgan fingerprint density at radius 3 is 2.83 bits per heavy atom. The molecule has 2 heterocycles. The van der Waals surface area contributed by atoms with E-state index in [1.807, 2.05) is 0 Å². The van der Waals surface area contributed by atoms with E-state index in [9.17, 15) is 18.0 Å². The molecule has 8 nitrogen and oxygen atoms in total. The lowest BCUT2D eigenvalue weighted by molar-refractivity contribution is -0.142. The van der Waals surface area contributed by atoms with Crippen LogP contribution >= 0.6 is 11.6 Å². The number of halogens is 4. The van der Waals surface area contributed by atoms with Gasteiger partial charge in [-0.25, -0.2) is 19.4 Å². The van der Waals surface area contributed by atoms with Crippen molar-refractivity contribution < 1.29 is 22.7 Å². The highest BCUT2D eigenvalue weighted by molar-refractivity contribution is 6.32. The largest absolute Gasteiger partial charge is 0.467 e. The Morgan fingerprint density at radius 2 is 2.29 bits per heavy atom. The van der Waals surface area contributed by atoms with Crippen molar-refractivity contribution in [2.24, 2.45) is 5.10 Å². The smallest absolute Gasteiger partial charge is 0.417 e. The number of nitrogens with one attached hydrogen (secondary N) is 1. The molecule has 0 aliphatic carbocycles. The molecule has 128 valence electrons. The van der Waals surface area contributed by atoms with Crippen LogP contribution in [0.15, 0.2) is 30.0 Å². The molecule has 0 aliphatic rings. The van der Waals surface area contributed by atoms with E-state index in [4.69, 9.17) is 11.6 Å². The van der Waals surface area contributed by atoms with Crippen LogP contribution in [-0.4, -0.2) is 39.0 Å². The van der Waals surface area contributed by atoms with Crippen molar-refractivity contribution in [3.8, 4) is 0 Å². The minimum atomic E-state index is -4.55. The molecule has 0 amide bonds. The van der Waals surface area contributed by atoms with Crippen molar-refractivity contribution in [1.82, 2.24) is 19.7 Å². The lowest BCUT2D eigenvalue weighted by Gasteiger charge is -2.10. The van der Waals surface area contributed by atoms with Crippen molar-refractivity contribution in [2.45, 2.75) is 12.2 Å². The Morgan fingerprint density at radius 1 is 1.54 bits per heavy atom. The molecule has 1 N–H and O–H groups in total. The molecular weight excluding hydrogens is 353 g/mol. The molecule has 0 radical (unpaired) electrons. The third-order valence-electron chi connectivity index (χ3n) is 2.72. The van der Waals surface area contributed by atoms with Gasteiger partial charge in [-0.15, -0.1) is 0 Å². The van der Waals surface area contributed by atoms with Gasteiger partial charge in [0.2, 0.25) is 0 Å². The van der Waals surface area contributed by atoms with Gasteiger partial charge in [0, 0.05) is 6.20 Å². The topological polar surface area (TPSA) is 94.3 Å². The fourth-order valence-corrected chi connectivity index (χ4v) is 1.77. The predicted molar refractivity (Wildman–Crippen MR) is 77.4 cm³/mol. The van der Waals surface area contributed by atoms with Crippen LogP contribution < -0.4 is 5.43 Å². The maximum Gasteiger partial charge on any atom is 0.417 e. The van der Waals surface area contributed by atoms with Gasteiger partial charge in [0.1, 0.15) is 12.7 Å². The first-order valence-electron chi connectivity index (χ1n) is 6.27. The Labute approximate surface area is 138 Å². The van der Waals surface area contributed by atoms with Crippen LogP contribution in [0.5, 0.6) is 0 Å². The Balaban J connectivity index is 2.14. The van der Waals surface area contributed by atoms with Crippen molar-refractivity contribution in [3.05, 3.63) is 35.5 Å². The lowest BCUT2D eigenvalue weighted by Crippen LogP contribution is -2.23. The van der Waals surface area contributed by atoms with Crippen LogP contribution in [0.1, 0.15) is 11.6 Å². The second-order valence-electron chi connectivity index (χ2n) is 4.29. The summed E-state index contributed by atoms with van der Waals surface area (Å²) >= 11 is 5.72. The standard InChI is InChI=1S/C12H10ClF3N6O2/c1-24-11(23)9(22-6-17-5-20-22)4-19-21-10-8(13)2-7(3-18-10)12(14,15)16/h2-6,9H,1H3,(H,18,21)/b19-4+. The number of anilines is 1. The van der Waals surface area contributed by atoms with Crippen molar-refractivity contribution in [1.29, 1.82) is 0 Å². The number of carbonyl (C=O) groups is 1. The highest BCUT2D eigenvalue weighted by Crippen LogP contribution is 2.32. The van der Waals surface area contributed by atoms with Gasteiger partial charge in [-0.05, 0) is 6.07 Å². The van der Waals surface area contributed by atoms with Gasteiger partial charge in [-0.1, -0.05) is 11.6 Å². The van der Waals surface area contributed by atoms with Crippen LogP contribution in [0.4, 0.5) is 19.0 Å². The number of aromatic nitrogens is 4. The van der Waals surface area contributed by atoms with Crippen molar-refractivity contribution >= 4 is 29.6 Å². The molecule has 0 fully saturated rings. The van der Waals surface area contributed by atoms with Crippen LogP contribution in [0.25, 0.3) is 0 Å². The summed E-state index contributed by atoms with van der Waals surface area (Å²) in [6, 6.07) is -0.306. The number of pyridine rings is 1. The summed E-state index contributed by atoms with van der Waals surface area (Å²) in [4.78, 5) is 18.9. The van der Waals surface area contributed by atoms with Crippen LogP contribution in [0.2, 0.25) is 5.02 Å². The van der Waals surface area contributed by atoms with Crippen LogP contribution in [0.3, 0.4) is 0 Å². The molecular formula is C12H10ClF3N6O2. The number of nitrogens with zero attached hydrogens (tertiary/aromatic N) is 5. The SMILES string of the molecule is COC(=O)C(/C=N/Nc1ncc(C(F)(F)F)cc1Cl)n1cncn1. The zero-order valence-electron chi connectivity index (χ0n) is 12.0. The highest BCUT2D eigenvalue weighted by atomic mass is 35.5. The maximum atomic E-state index is 12.5. The molecule has 0 bridgehead atoms. The molecule has 24 heavy (non-hydrogen) atoms. The molecule has 12 heteroatoms. The summed E-state index contributed by atoms with van der Waals surface area (Å²) < 4.78 is 43.4. The predicted octanol–water partition coefficient (Wildman–Crippen LogP) is 2.16. The third-order valence-corrected chi connectivity index (χ3v) is 3.01. The van der Waals surface area contributed by atoms with E-state index in [0.717, 1.165) is 6.21 Å². The minimum absolute atomic E-state index is 0.108. The van der Waals surface area contributed by atoms with Gasteiger partial charge in [-0.2, -0.15) is 23.4 Å². The number of hydrazone groups is 1. The molecule has 0 saturated heterocycles. The van der Waals surface area contributed by atoms with E-state index >= 15 is 0 Å². The van der Waals surface area contributed by atoms with Gasteiger partial charge in [0.15, 0.2) is 11.9 Å². The number of alkyl halides is 3. The average molecular weight is 363 g/mol. The first-order chi connectivity index (χ1) is 11.3. The summed E-state index contributed by atoms with van der Waals surface area (Å²) in [5.74, 6) is -0.777. The molecule has 1 unspecified atom stereocenters. The molecule has 2 aromatic heterocycles. The normalized spacial score (nSPS) is 13.0. The summed E-state index contributed by atoms with van der Waals surface area (Å²) in [5, 5.41) is 7.23. The third kappa shape index (κ3) is 4.19. The zero-order chi connectivity index (χ0) is 17.7. The van der Waals surface area contributed by atoms with Gasteiger partial charge >= 0.3 is 12.1 Å². The Hall–Kier alpha value is -2.69. The fourth-order valence-electron chi connectivity index (χ4n) is 1.56. The molecule has 2 aromatic rings. The van der Waals surface area contributed by atoms with Crippen molar-refractivity contribution in [2.75, 3.05) is 12.5 Å². The van der Waals surface area contributed by atoms with E-state index in [1.165, 1.54) is 24.4 Å². The summed E-state index contributed by atoms with van der Waals surface area (Å²) in [6.07, 6.45) is -0.334. The number of carbonyl (C=O) groups excluding carboxylic acids is 1. The monoisotopic (exact) mass is 362 g/mol. The Bertz CT molecular complexity index is 735. The summed E-state index contributed by atoms with van der Waals surface area (Å²) in [6.45, 7) is 0. The Kier molecular flexibility index (Phi) is 5.34. The molecule has 0 saturated carbocycles. The number of esters is 1. The average Bonchev–Trinajstić information content (AvgIpc) is 3.05. The van der Waals surface area contributed by atoms with Gasteiger partial charge in [0.25, 0.3) is 0 Å². The number of hydrogen-bond acceptors (Lipinski definition) is 7. The second kappa shape index (κ2) is 7.25. The van der Waals surface area contributed by atoms with E-state index in [0.29, 0.717) is 12.3 Å². The lowest BCUT2D eigenvalue weighted by atomic mass is 10.3. The quantitative estimate of drug-likeness (QED) is 0.497. The first-order valence-corrected chi connectivity index (χ1v) is 6.64. The van der Waals surface area contributed by atoms with Gasteiger partial charge < -0.3 is 4.74 Å². The van der Waals surface area contributed by atoms with Crippen LogP contribution in [-0.2, 0) is 15.7 Å². The van der Waals surface area contributed by atoms with Gasteiger partial charge in [0.05, 0.1) is 23.9 Å². The molecule has 2 rings (SSSR count). The number of ether oxygens (including phenoxy) is 1. The first kappa shape index (κ1) is 17.7. The fraction of sp³-hybridized carbons (Fsp3) is 0.250. The number of methoxy groups -OCH3 is 1. The zero-order valence-corrected chi connectivity index (χ0v) is 12.8. The van der Waals surface area contributed by atoms with Crippen molar-refractivity contribution in [3.63, 3.8) is 0 Å². The van der Waals surface area contributed by atoms with E-state index in [2.05, 4.69) is 30.3 Å². The molecule has 0 aliphatic heterocycles. The maximum absolute atomic E-state index is 12.5. The number of hydrogen-bond donors (Lipinski definition) is 1. The van der Waals surface area contributed by atoms with Crippen LogP contribution in [0, 0.1) is 0 Å². The molecule has 0 spiro atoms. The number of rotatable bonds is 5. The summed E-state index contributed by atoms with van der Waals surface area (Å²) in [7, 11) is 1.18. The van der Waals surface area contributed by atoms with E-state index in [1.54, 1.807) is 0 Å². The second-order valence-corrected chi connectivity index (χ2v) is 4.69. The summed E-state index contributed by atoms with van der Waals surface area (Å²) in [5.41, 5.74) is 1.36. The molecule has 1 atom stereocenters. The van der Waals surface area contributed by atoms with E-state index < -0.39 is 23.8 Å². The molecule has 0 aromatic carbocycles. The minimum Gasteiger partial charge on any atom is -0.467 e.